The van der Waals surface area contributed by atoms with E-state index < -0.39 is 0 Å². The van der Waals surface area contributed by atoms with Gasteiger partial charge in [-0.25, -0.2) is 0 Å². The van der Waals surface area contributed by atoms with Gasteiger partial charge in [-0.3, -0.25) is 19.3 Å². The van der Waals surface area contributed by atoms with Crippen molar-refractivity contribution in [1.82, 2.24) is 29.5 Å². The van der Waals surface area contributed by atoms with Crippen LogP contribution in [0.3, 0.4) is 0 Å². The van der Waals surface area contributed by atoms with E-state index in [1.807, 2.05) is 42.1 Å². The summed E-state index contributed by atoms with van der Waals surface area (Å²) < 4.78 is 4.34. The Morgan fingerprint density at radius 1 is 1.30 bits per heavy atom. The van der Waals surface area contributed by atoms with Gasteiger partial charge in [0.1, 0.15) is 5.69 Å². The zero-order valence-electron chi connectivity index (χ0n) is 11.0. The first-order valence-electron chi connectivity index (χ1n) is 6.29. The van der Waals surface area contributed by atoms with Crippen LogP contribution in [0.15, 0.2) is 36.7 Å². The molecule has 20 heavy (non-hydrogen) atoms. The minimum atomic E-state index is 0.599. The van der Waals surface area contributed by atoms with Crippen LogP contribution in [-0.4, -0.2) is 29.5 Å². The number of hydrogen-bond donors (Lipinski definition) is 1. The average Bonchev–Trinajstić information content (AvgIpc) is 3.04. The molecule has 0 bridgehead atoms. The number of nitrogens with zero attached hydrogens (tertiary/aromatic N) is 5. The Morgan fingerprint density at radius 3 is 2.90 bits per heavy atom. The van der Waals surface area contributed by atoms with Crippen LogP contribution in [0.1, 0.15) is 5.69 Å². The van der Waals surface area contributed by atoms with Crippen molar-refractivity contribution < 1.29 is 0 Å². The highest BCUT2D eigenvalue weighted by molar-refractivity contribution is 7.71. The molecule has 0 aromatic carbocycles. The summed E-state index contributed by atoms with van der Waals surface area (Å²) in [6.45, 7) is 0.720. The summed E-state index contributed by atoms with van der Waals surface area (Å²) in [7, 11) is 1.91. The molecule has 102 valence electrons. The van der Waals surface area contributed by atoms with E-state index in [0.717, 1.165) is 30.2 Å². The van der Waals surface area contributed by atoms with Crippen LogP contribution in [0.4, 0.5) is 0 Å². The summed E-state index contributed by atoms with van der Waals surface area (Å²) >= 11 is 5.28. The molecule has 0 saturated heterocycles. The van der Waals surface area contributed by atoms with Crippen LogP contribution in [0.25, 0.3) is 11.5 Å². The summed E-state index contributed by atoms with van der Waals surface area (Å²) in [6.07, 6.45) is 4.48. The number of aromatic amines is 1. The maximum Gasteiger partial charge on any atom is 0.195 e. The molecule has 3 rings (SSSR count). The molecule has 0 amide bonds. The van der Waals surface area contributed by atoms with Crippen molar-refractivity contribution >= 4 is 12.2 Å². The van der Waals surface area contributed by atoms with Crippen molar-refractivity contribution in [2.75, 3.05) is 0 Å². The summed E-state index contributed by atoms with van der Waals surface area (Å²) in [6, 6.07) is 7.73. The first-order chi connectivity index (χ1) is 9.74. The fourth-order valence-corrected chi connectivity index (χ4v) is 2.26. The van der Waals surface area contributed by atoms with Gasteiger partial charge in [0.25, 0.3) is 0 Å². The molecular weight excluding hydrogens is 272 g/mol. The van der Waals surface area contributed by atoms with Gasteiger partial charge in [0, 0.05) is 32.4 Å². The maximum absolute atomic E-state index is 5.28. The average molecular weight is 286 g/mol. The van der Waals surface area contributed by atoms with Gasteiger partial charge in [-0.1, -0.05) is 6.07 Å². The van der Waals surface area contributed by atoms with Crippen LogP contribution in [0.5, 0.6) is 0 Å². The minimum Gasteiger partial charge on any atom is -0.298 e. The van der Waals surface area contributed by atoms with Gasteiger partial charge in [0.2, 0.25) is 0 Å². The number of H-pyrrole nitrogens is 1. The number of rotatable bonds is 4. The Kier molecular flexibility index (Phi) is 3.42. The molecular formula is C13H14N6S. The van der Waals surface area contributed by atoms with Crippen molar-refractivity contribution in [3.05, 3.63) is 47.1 Å². The molecule has 0 atom stereocenters. The third-order valence-electron chi connectivity index (χ3n) is 3.01. The van der Waals surface area contributed by atoms with E-state index >= 15 is 0 Å². The van der Waals surface area contributed by atoms with Crippen LogP contribution < -0.4 is 0 Å². The van der Waals surface area contributed by atoms with Crippen molar-refractivity contribution in [3.63, 3.8) is 0 Å². The predicted octanol–water partition coefficient (Wildman–Crippen LogP) is 1.98. The van der Waals surface area contributed by atoms with Crippen molar-refractivity contribution in [2.24, 2.45) is 7.05 Å². The highest BCUT2D eigenvalue weighted by Crippen LogP contribution is 2.14. The van der Waals surface area contributed by atoms with Gasteiger partial charge in [0.15, 0.2) is 10.6 Å². The van der Waals surface area contributed by atoms with Crippen LogP contribution in [0.2, 0.25) is 0 Å². The number of aromatic nitrogens is 6. The first kappa shape index (κ1) is 12.7. The van der Waals surface area contributed by atoms with Crippen molar-refractivity contribution in [1.29, 1.82) is 0 Å². The molecule has 3 aromatic rings. The zero-order chi connectivity index (χ0) is 13.9. The van der Waals surface area contributed by atoms with E-state index in [1.54, 1.807) is 10.9 Å². The molecule has 0 saturated carbocycles. The molecule has 3 aromatic heterocycles. The molecule has 0 unspecified atom stereocenters. The van der Waals surface area contributed by atoms with E-state index in [2.05, 4.69) is 20.3 Å². The van der Waals surface area contributed by atoms with Gasteiger partial charge in [0.05, 0.1) is 5.69 Å². The molecule has 1 N–H and O–H groups in total. The second kappa shape index (κ2) is 5.38. The van der Waals surface area contributed by atoms with E-state index in [4.69, 9.17) is 12.2 Å². The van der Waals surface area contributed by atoms with Gasteiger partial charge < -0.3 is 0 Å². The summed E-state index contributed by atoms with van der Waals surface area (Å²) in [5.74, 6) is 0.756. The van der Waals surface area contributed by atoms with Crippen LogP contribution >= 0.6 is 12.2 Å². The molecule has 0 fully saturated rings. The third-order valence-corrected chi connectivity index (χ3v) is 3.32. The quantitative estimate of drug-likeness (QED) is 0.745. The summed E-state index contributed by atoms with van der Waals surface area (Å²) in [4.78, 5) is 4.31. The lowest BCUT2D eigenvalue weighted by Crippen LogP contribution is -2.05. The molecule has 0 spiro atoms. The van der Waals surface area contributed by atoms with E-state index in [1.165, 1.54) is 0 Å². The molecule has 3 heterocycles. The molecule has 7 heteroatoms. The Morgan fingerprint density at radius 2 is 2.20 bits per heavy atom. The number of pyridine rings is 1. The SMILES string of the molecule is Cn1ccc(CCn2c(-c3ccccn3)n[nH]c2=S)n1. The summed E-state index contributed by atoms with van der Waals surface area (Å²) in [5, 5.41) is 11.5. The lowest BCUT2D eigenvalue weighted by atomic mass is 10.3. The molecule has 0 radical (unpaired) electrons. The molecule has 0 aliphatic rings. The first-order valence-corrected chi connectivity index (χ1v) is 6.70. The largest absolute Gasteiger partial charge is 0.298 e. The second-order valence-electron chi connectivity index (χ2n) is 4.45. The molecule has 0 aliphatic carbocycles. The topological polar surface area (TPSA) is 64.3 Å². The Labute approximate surface area is 121 Å². The van der Waals surface area contributed by atoms with Crippen LogP contribution in [-0.2, 0) is 20.0 Å². The third kappa shape index (κ3) is 2.53. The second-order valence-corrected chi connectivity index (χ2v) is 4.84. The Balaban J connectivity index is 1.86. The Bertz CT molecular complexity index is 755. The summed E-state index contributed by atoms with van der Waals surface area (Å²) in [5.41, 5.74) is 1.84. The van der Waals surface area contributed by atoms with Crippen molar-refractivity contribution in [3.8, 4) is 11.5 Å². The molecule has 6 nitrogen and oxygen atoms in total. The minimum absolute atomic E-state index is 0.599. The van der Waals surface area contributed by atoms with Crippen molar-refractivity contribution in [2.45, 2.75) is 13.0 Å². The lowest BCUT2D eigenvalue weighted by Gasteiger charge is -2.04. The van der Waals surface area contributed by atoms with E-state index in [0.29, 0.717) is 4.77 Å². The number of aryl methyl sites for hydroxylation is 2. The van der Waals surface area contributed by atoms with Gasteiger partial charge in [-0.05, 0) is 30.4 Å². The van der Waals surface area contributed by atoms with Crippen LogP contribution in [0, 0.1) is 4.77 Å². The zero-order valence-corrected chi connectivity index (χ0v) is 11.8. The smallest absolute Gasteiger partial charge is 0.195 e. The normalized spacial score (nSPS) is 10.8. The fourth-order valence-electron chi connectivity index (χ4n) is 2.04. The standard InChI is InChI=1S/C13H14N6S/c1-18-8-5-10(17-18)6-9-19-12(15-16-13(19)20)11-4-2-3-7-14-11/h2-5,7-8H,6,9H2,1H3,(H,16,20). The monoisotopic (exact) mass is 286 g/mol. The number of nitrogens with one attached hydrogen (secondary N) is 1. The van der Waals surface area contributed by atoms with Gasteiger partial charge in [-0.15, -0.1) is 0 Å². The maximum atomic E-state index is 5.28. The van der Waals surface area contributed by atoms with E-state index in [9.17, 15) is 0 Å². The lowest BCUT2D eigenvalue weighted by molar-refractivity contribution is 0.661. The predicted molar refractivity (Wildman–Crippen MR) is 77.6 cm³/mol. The van der Waals surface area contributed by atoms with Gasteiger partial charge >= 0.3 is 0 Å². The highest BCUT2D eigenvalue weighted by Gasteiger charge is 2.10. The molecule has 0 aliphatic heterocycles. The highest BCUT2D eigenvalue weighted by atomic mass is 32.1. The van der Waals surface area contributed by atoms with E-state index in [-0.39, 0.29) is 0 Å². The van der Waals surface area contributed by atoms with Gasteiger partial charge in [-0.2, -0.15) is 10.2 Å². The number of hydrogen-bond acceptors (Lipinski definition) is 4. The fraction of sp³-hybridized carbons (Fsp3) is 0.231. The Hall–Kier alpha value is -2.28.